The van der Waals surface area contributed by atoms with Gasteiger partial charge in [0.25, 0.3) is 0 Å². The molecular formula is C28H37N5O5. The van der Waals surface area contributed by atoms with Crippen molar-refractivity contribution in [2.24, 2.45) is 0 Å². The summed E-state index contributed by atoms with van der Waals surface area (Å²) in [6.45, 7) is 6.71. The molecule has 1 N–H and O–H groups in total. The van der Waals surface area contributed by atoms with Gasteiger partial charge >= 0.3 is 0 Å². The van der Waals surface area contributed by atoms with Crippen molar-refractivity contribution in [3.8, 4) is 11.5 Å². The van der Waals surface area contributed by atoms with Gasteiger partial charge in [-0.1, -0.05) is 36.4 Å². The van der Waals surface area contributed by atoms with Gasteiger partial charge in [-0.05, 0) is 51.3 Å². The van der Waals surface area contributed by atoms with E-state index in [1.807, 2.05) is 45.0 Å². The Morgan fingerprint density at radius 1 is 1.18 bits per heavy atom. The molecule has 2 atom stereocenters. The molecule has 1 fully saturated rings. The minimum absolute atomic E-state index is 0.0829. The summed E-state index contributed by atoms with van der Waals surface area (Å²) in [7, 11) is 3.07. The summed E-state index contributed by atoms with van der Waals surface area (Å²) in [5.41, 5.74) is 1.48. The molecule has 0 bridgehead atoms. The van der Waals surface area contributed by atoms with Gasteiger partial charge in [-0.2, -0.15) is 0 Å². The molecule has 0 aliphatic carbocycles. The van der Waals surface area contributed by atoms with Crippen LogP contribution in [0.15, 0.2) is 42.5 Å². The topological polar surface area (TPSA) is 108 Å². The number of fused-ring (bicyclic) bond motifs is 1. The summed E-state index contributed by atoms with van der Waals surface area (Å²) < 4.78 is 18.7. The largest absolute Gasteiger partial charge is 0.493 e. The smallest absolute Gasteiger partial charge is 0.248 e. The third-order valence-electron chi connectivity index (χ3n) is 7.08. The standard InChI is InChI=1S/C28H37N5O5/c1-6-28(2,3)29-27(35)25(20-12-9-15-23(36-4)26(20)37-5)32(17-19-11-10-16-38-19)24(34)18-33-22-14-8-7-13-21(22)30-31-33/h7-9,12-15,19,25H,6,10-11,16-18H2,1-5H3,(H,29,35)/t19-,25-/m1/s1. The maximum atomic E-state index is 14.1. The third kappa shape index (κ3) is 5.91. The second-order valence-corrected chi connectivity index (χ2v) is 10.1. The Morgan fingerprint density at radius 2 is 1.97 bits per heavy atom. The molecule has 0 radical (unpaired) electrons. The highest BCUT2D eigenvalue weighted by atomic mass is 16.5. The molecule has 1 aliphatic heterocycles. The van der Waals surface area contributed by atoms with E-state index in [4.69, 9.17) is 14.2 Å². The van der Waals surface area contributed by atoms with E-state index in [0.717, 1.165) is 18.4 Å². The number of methoxy groups -OCH3 is 2. The molecule has 10 nitrogen and oxygen atoms in total. The summed E-state index contributed by atoms with van der Waals surface area (Å²) in [6, 6.07) is 11.8. The van der Waals surface area contributed by atoms with E-state index in [0.29, 0.717) is 35.6 Å². The summed E-state index contributed by atoms with van der Waals surface area (Å²) in [6.07, 6.45) is 2.24. The zero-order valence-electron chi connectivity index (χ0n) is 22.8. The van der Waals surface area contributed by atoms with Crippen molar-refractivity contribution in [1.29, 1.82) is 0 Å². The van der Waals surface area contributed by atoms with Crippen LogP contribution in [0.2, 0.25) is 0 Å². The fraction of sp³-hybridized carbons (Fsp3) is 0.500. The van der Waals surface area contributed by atoms with Crippen molar-refractivity contribution >= 4 is 22.8 Å². The fourth-order valence-electron chi connectivity index (χ4n) is 4.68. The lowest BCUT2D eigenvalue weighted by Gasteiger charge is -2.36. The Hall–Kier alpha value is -3.66. The van der Waals surface area contributed by atoms with E-state index in [2.05, 4.69) is 15.6 Å². The first-order valence-corrected chi connectivity index (χ1v) is 13.0. The predicted octanol–water partition coefficient (Wildman–Crippen LogP) is 3.50. The second-order valence-electron chi connectivity index (χ2n) is 10.1. The monoisotopic (exact) mass is 523 g/mol. The lowest BCUT2D eigenvalue weighted by atomic mass is 9.97. The number of benzene rings is 2. The van der Waals surface area contributed by atoms with Crippen molar-refractivity contribution in [3.05, 3.63) is 48.0 Å². The SMILES string of the molecule is CCC(C)(C)NC(=O)[C@@H](c1cccc(OC)c1OC)N(C[C@H]1CCCO1)C(=O)Cn1nnc2ccccc21. The number of ether oxygens (including phenoxy) is 3. The number of hydrogen-bond acceptors (Lipinski definition) is 7. The lowest BCUT2D eigenvalue weighted by molar-refractivity contribution is -0.144. The number of aromatic nitrogens is 3. The number of carbonyl (C=O) groups excluding carboxylic acids is 2. The second kappa shape index (κ2) is 11.8. The van der Waals surface area contributed by atoms with Crippen LogP contribution in [0.3, 0.4) is 0 Å². The molecule has 1 saturated heterocycles. The minimum atomic E-state index is -0.989. The lowest BCUT2D eigenvalue weighted by Crippen LogP contribution is -2.52. The van der Waals surface area contributed by atoms with Gasteiger partial charge < -0.3 is 24.4 Å². The maximum Gasteiger partial charge on any atom is 0.248 e. The van der Waals surface area contributed by atoms with Gasteiger partial charge in [-0.15, -0.1) is 5.10 Å². The molecule has 4 rings (SSSR count). The minimum Gasteiger partial charge on any atom is -0.493 e. The molecule has 3 aromatic rings. The number of nitrogens with one attached hydrogen (secondary N) is 1. The number of amides is 2. The van der Waals surface area contributed by atoms with Crippen LogP contribution in [-0.4, -0.2) is 70.7 Å². The van der Waals surface area contributed by atoms with Crippen LogP contribution >= 0.6 is 0 Å². The van der Waals surface area contributed by atoms with Crippen molar-refractivity contribution < 1.29 is 23.8 Å². The predicted molar refractivity (Wildman–Crippen MR) is 143 cm³/mol. The first-order valence-electron chi connectivity index (χ1n) is 13.0. The van der Waals surface area contributed by atoms with Gasteiger partial charge in [-0.25, -0.2) is 4.68 Å². The summed E-state index contributed by atoms with van der Waals surface area (Å²) >= 11 is 0. The van der Waals surface area contributed by atoms with Crippen LogP contribution < -0.4 is 14.8 Å². The Morgan fingerprint density at radius 3 is 2.66 bits per heavy atom. The molecule has 38 heavy (non-hydrogen) atoms. The quantitative estimate of drug-likeness (QED) is 0.410. The van der Waals surface area contributed by atoms with Gasteiger partial charge in [0.2, 0.25) is 11.8 Å². The fourth-order valence-corrected chi connectivity index (χ4v) is 4.68. The van der Waals surface area contributed by atoms with Crippen molar-refractivity contribution in [2.75, 3.05) is 27.4 Å². The molecule has 2 amide bonds. The van der Waals surface area contributed by atoms with E-state index in [1.54, 1.807) is 34.9 Å². The van der Waals surface area contributed by atoms with Crippen molar-refractivity contribution in [2.45, 2.75) is 64.3 Å². The number of nitrogens with zero attached hydrogens (tertiary/aromatic N) is 4. The molecule has 0 spiro atoms. The average molecular weight is 524 g/mol. The Kier molecular flexibility index (Phi) is 8.51. The zero-order chi connectivity index (χ0) is 27.3. The van der Waals surface area contributed by atoms with E-state index in [9.17, 15) is 9.59 Å². The van der Waals surface area contributed by atoms with Gasteiger partial charge in [0.15, 0.2) is 11.5 Å². The van der Waals surface area contributed by atoms with E-state index in [1.165, 1.54) is 7.11 Å². The van der Waals surface area contributed by atoms with Crippen LogP contribution in [0.1, 0.15) is 51.6 Å². The van der Waals surface area contributed by atoms with Crippen molar-refractivity contribution in [3.63, 3.8) is 0 Å². The molecule has 2 heterocycles. The molecule has 0 saturated carbocycles. The summed E-state index contributed by atoms with van der Waals surface area (Å²) in [5.74, 6) is 0.291. The molecule has 204 valence electrons. The highest BCUT2D eigenvalue weighted by Crippen LogP contribution is 2.38. The van der Waals surface area contributed by atoms with Gasteiger partial charge in [0.1, 0.15) is 18.1 Å². The molecule has 1 aromatic heterocycles. The van der Waals surface area contributed by atoms with Crippen LogP contribution in [-0.2, 0) is 20.9 Å². The molecule has 0 unspecified atom stereocenters. The molecule has 2 aromatic carbocycles. The molecular weight excluding hydrogens is 486 g/mol. The molecule has 10 heteroatoms. The number of carbonyl (C=O) groups is 2. The van der Waals surface area contributed by atoms with Crippen LogP contribution in [0.25, 0.3) is 11.0 Å². The normalized spacial score (nSPS) is 16.3. The van der Waals surface area contributed by atoms with Gasteiger partial charge in [0.05, 0.1) is 25.8 Å². The van der Waals surface area contributed by atoms with Crippen LogP contribution in [0, 0.1) is 0 Å². The highest BCUT2D eigenvalue weighted by molar-refractivity contribution is 5.90. The van der Waals surface area contributed by atoms with Crippen LogP contribution in [0.5, 0.6) is 11.5 Å². The Bertz CT molecular complexity index is 1270. The average Bonchev–Trinajstić information content (AvgIpc) is 3.58. The maximum absolute atomic E-state index is 14.1. The first kappa shape index (κ1) is 27.4. The Labute approximate surface area is 223 Å². The third-order valence-corrected chi connectivity index (χ3v) is 7.08. The zero-order valence-corrected chi connectivity index (χ0v) is 22.8. The molecule has 1 aliphatic rings. The summed E-state index contributed by atoms with van der Waals surface area (Å²) in [5, 5.41) is 11.5. The van der Waals surface area contributed by atoms with E-state index >= 15 is 0 Å². The number of rotatable bonds is 11. The first-order chi connectivity index (χ1) is 18.3. The Balaban J connectivity index is 1.79. The summed E-state index contributed by atoms with van der Waals surface area (Å²) in [4.78, 5) is 29.7. The van der Waals surface area contributed by atoms with Gasteiger partial charge in [-0.3, -0.25) is 9.59 Å². The van der Waals surface area contributed by atoms with Crippen LogP contribution in [0.4, 0.5) is 0 Å². The number of hydrogen-bond donors (Lipinski definition) is 1. The van der Waals surface area contributed by atoms with Gasteiger partial charge in [0, 0.05) is 24.3 Å². The number of para-hydroxylation sites is 2. The van der Waals surface area contributed by atoms with E-state index < -0.39 is 11.6 Å². The highest BCUT2D eigenvalue weighted by Gasteiger charge is 2.38. The van der Waals surface area contributed by atoms with E-state index in [-0.39, 0.29) is 31.0 Å². The van der Waals surface area contributed by atoms with Crippen molar-refractivity contribution in [1.82, 2.24) is 25.2 Å².